The summed E-state index contributed by atoms with van der Waals surface area (Å²) in [6, 6.07) is 3.90. The van der Waals surface area contributed by atoms with Gasteiger partial charge in [-0.1, -0.05) is 12.8 Å². The Bertz CT molecular complexity index is 756. The van der Waals surface area contributed by atoms with E-state index in [4.69, 9.17) is 0 Å². The molecular weight excluding hydrogens is 346 g/mol. The highest BCUT2D eigenvalue weighted by Crippen LogP contribution is 2.30. The van der Waals surface area contributed by atoms with Gasteiger partial charge in [0.2, 0.25) is 5.91 Å². The molecule has 0 unspecified atom stereocenters. The summed E-state index contributed by atoms with van der Waals surface area (Å²) in [5.41, 5.74) is 1.72. The van der Waals surface area contributed by atoms with Crippen LogP contribution in [0.3, 0.4) is 0 Å². The lowest BCUT2D eigenvalue weighted by Gasteiger charge is -2.20. The monoisotopic (exact) mass is 373 g/mol. The standard InChI is InChI=1S/C20H27N3O2S/c1-15-16(2)26-20(23-13-7-8-14-23)18(15)19(25)21-10-9-17(24)22-11-5-3-4-6-12-22/h7-8,13-14H,3-6,9-12H2,1-2H3,(H,21,25). The average Bonchev–Trinajstić information content (AvgIpc) is 3.15. The molecule has 0 saturated carbocycles. The number of amides is 2. The van der Waals surface area contributed by atoms with E-state index in [0.29, 0.717) is 18.5 Å². The number of likely N-dealkylation sites (tertiary alicyclic amines) is 1. The van der Waals surface area contributed by atoms with E-state index in [9.17, 15) is 9.59 Å². The number of aryl methyl sites for hydroxylation is 1. The van der Waals surface area contributed by atoms with Gasteiger partial charge in [-0.05, 0) is 44.4 Å². The SMILES string of the molecule is Cc1sc(-n2cccc2)c(C(=O)NCCC(=O)N2CCCCCC2)c1C. The molecule has 1 saturated heterocycles. The molecule has 26 heavy (non-hydrogen) atoms. The second kappa shape index (κ2) is 8.54. The fourth-order valence-electron chi connectivity index (χ4n) is 3.38. The van der Waals surface area contributed by atoms with E-state index in [1.807, 2.05) is 47.8 Å². The maximum absolute atomic E-state index is 12.8. The molecule has 1 aliphatic heterocycles. The fraction of sp³-hybridized carbons (Fsp3) is 0.500. The molecule has 140 valence electrons. The van der Waals surface area contributed by atoms with Gasteiger partial charge in [-0.2, -0.15) is 0 Å². The van der Waals surface area contributed by atoms with E-state index in [2.05, 4.69) is 5.32 Å². The van der Waals surface area contributed by atoms with Crippen molar-refractivity contribution in [1.29, 1.82) is 0 Å². The van der Waals surface area contributed by atoms with Gasteiger partial charge in [-0.25, -0.2) is 0 Å². The minimum atomic E-state index is -0.0979. The Morgan fingerprint density at radius 1 is 1.08 bits per heavy atom. The molecule has 0 aliphatic carbocycles. The molecule has 0 radical (unpaired) electrons. The van der Waals surface area contributed by atoms with Crippen LogP contribution in [0, 0.1) is 13.8 Å². The molecule has 1 N–H and O–H groups in total. The first-order valence-corrected chi connectivity index (χ1v) is 10.2. The lowest BCUT2D eigenvalue weighted by Crippen LogP contribution is -2.35. The molecule has 1 aliphatic rings. The highest BCUT2D eigenvalue weighted by Gasteiger charge is 2.21. The van der Waals surface area contributed by atoms with Crippen molar-refractivity contribution in [1.82, 2.24) is 14.8 Å². The number of hydrogen-bond donors (Lipinski definition) is 1. The van der Waals surface area contributed by atoms with Crippen LogP contribution in [0.1, 0.15) is 52.9 Å². The summed E-state index contributed by atoms with van der Waals surface area (Å²) in [5.74, 6) is 0.0512. The summed E-state index contributed by atoms with van der Waals surface area (Å²) >= 11 is 1.62. The Labute approximate surface area is 159 Å². The van der Waals surface area contributed by atoms with Crippen molar-refractivity contribution in [2.24, 2.45) is 0 Å². The van der Waals surface area contributed by atoms with Gasteiger partial charge in [0.15, 0.2) is 0 Å². The van der Waals surface area contributed by atoms with Gasteiger partial charge in [0.1, 0.15) is 5.00 Å². The molecule has 3 rings (SSSR count). The Kier molecular flexibility index (Phi) is 6.14. The zero-order valence-electron chi connectivity index (χ0n) is 15.6. The summed E-state index contributed by atoms with van der Waals surface area (Å²) < 4.78 is 1.97. The molecule has 2 amide bonds. The largest absolute Gasteiger partial charge is 0.351 e. The second-order valence-electron chi connectivity index (χ2n) is 6.85. The van der Waals surface area contributed by atoms with Crippen molar-refractivity contribution in [3.63, 3.8) is 0 Å². The molecule has 6 heteroatoms. The molecule has 0 aromatic carbocycles. The summed E-state index contributed by atoms with van der Waals surface area (Å²) in [6.07, 6.45) is 8.86. The second-order valence-corrected chi connectivity index (χ2v) is 8.06. The predicted molar refractivity (Wildman–Crippen MR) is 105 cm³/mol. The average molecular weight is 374 g/mol. The number of carbonyl (C=O) groups is 2. The van der Waals surface area contributed by atoms with Crippen LogP contribution >= 0.6 is 11.3 Å². The third-order valence-corrected chi connectivity index (χ3v) is 6.24. The number of carbonyl (C=O) groups excluding carboxylic acids is 2. The van der Waals surface area contributed by atoms with Crippen molar-refractivity contribution in [3.8, 4) is 5.00 Å². The maximum Gasteiger partial charge on any atom is 0.254 e. The molecular formula is C20H27N3O2S. The molecule has 0 spiro atoms. The van der Waals surface area contributed by atoms with Crippen molar-refractivity contribution in [3.05, 3.63) is 40.5 Å². The topological polar surface area (TPSA) is 54.3 Å². The molecule has 1 fully saturated rings. The van der Waals surface area contributed by atoms with Gasteiger partial charge in [-0.15, -0.1) is 11.3 Å². The molecule has 3 heterocycles. The lowest BCUT2D eigenvalue weighted by atomic mass is 10.1. The predicted octanol–water partition coefficient (Wildman–Crippen LogP) is 3.68. The molecule has 2 aromatic heterocycles. The zero-order chi connectivity index (χ0) is 18.5. The van der Waals surface area contributed by atoms with Crippen LogP contribution in [0.5, 0.6) is 0 Å². The van der Waals surface area contributed by atoms with E-state index in [0.717, 1.165) is 41.4 Å². The van der Waals surface area contributed by atoms with Gasteiger partial charge in [0.25, 0.3) is 5.91 Å². The normalized spacial score (nSPS) is 14.9. The van der Waals surface area contributed by atoms with Crippen molar-refractivity contribution in [2.45, 2.75) is 46.0 Å². The number of rotatable bonds is 5. The van der Waals surface area contributed by atoms with Crippen molar-refractivity contribution in [2.75, 3.05) is 19.6 Å². The molecule has 0 atom stereocenters. The Morgan fingerprint density at radius 2 is 1.73 bits per heavy atom. The smallest absolute Gasteiger partial charge is 0.254 e. The number of thiophene rings is 1. The Morgan fingerprint density at radius 3 is 2.38 bits per heavy atom. The van der Waals surface area contributed by atoms with E-state index in [1.54, 1.807) is 11.3 Å². The number of aromatic nitrogens is 1. The van der Waals surface area contributed by atoms with Crippen molar-refractivity contribution < 1.29 is 9.59 Å². The van der Waals surface area contributed by atoms with Crippen LogP contribution in [-0.4, -0.2) is 40.9 Å². The van der Waals surface area contributed by atoms with Gasteiger partial charge in [-0.3, -0.25) is 9.59 Å². The summed E-state index contributed by atoms with van der Waals surface area (Å²) in [6.45, 7) is 6.11. The van der Waals surface area contributed by atoms with E-state index >= 15 is 0 Å². The van der Waals surface area contributed by atoms with Gasteiger partial charge < -0.3 is 14.8 Å². The van der Waals surface area contributed by atoms with E-state index < -0.39 is 0 Å². The highest BCUT2D eigenvalue weighted by molar-refractivity contribution is 7.15. The first-order valence-electron chi connectivity index (χ1n) is 9.37. The van der Waals surface area contributed by atoms with E-state index in [-0.39, 0.29) is 11.8 Å². The third-order valence-electron chi connectivity index (χ3n) is 5.02. The van der Waals surface area contributed by atoms with Crippen LogP contribution in [0.4, 0.5) is 0 Å². The van der Waals surface area contributed by atoms with Crippen LogP contribution in [0.15, 0.2) is 24.5 Å². The van der Waals surface area contributed by atoms with Crippen molar-refractivity contribution >= 4 is 23.2 Å². The van der Waals surface area contributed by atoms with Crippen LogP contribution in [0.2, 0.25) is 0 Å². The zero-order valence-corrected chi connectivity index (χ0v) is 16.4. The number of nitrogens with one attached hydrogen (secondary N) is 1. The quantitative estimate of drug-likeness (QED) is 0.869. The van der Waals surface area contributed by atoms with Gasteiger partial charge in [0.05, 0.1) is 5.56 Å². The lowest BCUT2D eigenvalue weighted by molar-refractivity contribution is -0.131. The Hall–Kier alpha value is -2.08. The summed E-state index contributed by atoms with van der Waals surface area (Å²) in [4.78, 5) is 28.2. The highest BCUT2D eigenvalue weighted by atomic mass is 32.1. The van der Waals surface area contributed by atoms with Crippen LogP contribution in [-0.2, 0) is 4.79 Å². The molecule has 5 nitrogen and oxygen atoms in total. The summed E-state index contributed by atoms with van der Waals surface area (Å²) in [7, 11) is 0. The Balaban J connectivity index is 1.61. The third kappa shape index (κ3) is 4.18. The van der Waals surface area contributed by atoms with E-state index in [1.165, 1.54) is 12.8 Å². The molecule has 0 bridgehead atoms. The number of nitrogens with zero attached hydrogens (tertiary/aromatic N) is 2. The van der Waals surface area contributed by atoms with Gasteiger partial charge in [0, 0.05) is 43.3 Å². The maximum atomic E-state index is 12.8. The number of hydrogen-bond acceptors (Lipinski definition) is 3. The van der Waals surface area contributed by atoms with Gasteiger partial charge >= 0.3 is 0 Å². The summed E-state index contributed by atoms with van der Waals surface area (Å²) in [5, 5.41) is 3.88. The minimum Gasteiger partial charge on any atom is -0.351 e. The van der Waals surface area contributed by atoms with Crippen LogP contribution < -0.4 is 5.32 Å². The van der Waals surface area contributed by atoms with Crippen LogP contribution in [0.25, 0.3) is 5.00 Å². The minimum absolute atomic E-state index is 0.0979. The first-order chi connectivity index (χ1) is 12.6. The fourth-order valence-corrected chi connectivity index (χ4v) is 4.50. The molecule has 2 aromatic rings. The first kappa shape index (κ1) is 18.7.